The summed E-state index contributed by atoms with van der Waals surface area (Å²) in [7, 11) is 0. The summed E-state index contributed by atoms with van der Waals surface area (Å²) >= 11 is 0. The third-order valence-electron chi connectivity index (χ3n) is 5.58. The van der Waals surface area contributed by atoms with Crippen molar-refractivity contribution in [1.29, 1.82) is 0 Å². The fourth-order valence-corrected chi connectivity index (χ4v) is 3.99. The van der Waals surface area contributed by atoms with E-state index in [4.69, 9.17) is 4.74 Å². The van der Waals surface area contributed by atoms with Gasteiger partial charge in [-0.3, -0.25) is 9.69 Å². The Morgan fingerprint density at radius 2 is 1.84 bits per heavy atom. The molecule has 1 fully saturated rings. The second kappa shape index (κ2) is 8.80. The zero-order valence-electron chi connectivity index (χ0n) is 17.4. The monoisotopic (exact) mass is 439 g/mol. The van der Waals surface area contributed by atoms with Crippen LogP contribution < -0.4 is 10.2 Å². The number of urea groups is 1. The number of carboxylic acids is 1. The maximum Gasteiger partial charge on any atom is 0.335 e. The molecule has 2 N–H and O–H groups in total. The van der Waals surface area contributed by atoms with Gasteiger partial charge in [0, 0.05) is 24.4 Å². The highest BCUT2D eigenvalue weighted by atomic mass is 19.1. The molecule has 0 aliphatic carbocycles. The van der Waals surface area contributed by atoms with Gasteiger partial charge in [0.1, 0.15) is 5.82 Å². The molecule has 2 heterocycles. The molecular weight excluding hydrogens is 417 g/mol. The number of halogens is 1. The number of benzene rings is 2. The van der Waals surface area contributed by atoms with Crippen LogP contribution in [0.15, 0.2) is 59.8 Å². The van der Waals surface area contributed by atoms with Gasteiger partial charge in [0.25, 0.3) is 5.91 Å². The van der Waals surface area contributed by atoms with Crippen molar-refractivity contribution in [3.8, 4) is 0 Å². The highest BCUT2D eigenvalue weighted by Gasteiger charge is 2.39. The van der Waals surface area contributed by atoms with Gasteiger partial charge < -0.3 is 20.1 Å². The summed E-state index contributed by atoms with van der Waals surface area (Å²) in [4.78, 5) is 40.9. The molecule has 0 aromatic heterocycles. The number of nitrogens with one attached hydrogen (secondary N) is 1. The molecule has 1 atom stereocenters. The van der Waals surface area contributed by atoms with Gasteiger partial charge in [-0.2, -0.15) is 0 Å². The molecule has 8 nitrogen and oxygen atoms in total. The molecule has 32 heavy (non-hydrogen) atoms. The molecule has 2 aromatic carbocycles. The standard InChI is InChI=1S/C23H22FN3O5/c1-14-19(21(28)26-9-11-32-12-10-26)20(17-7-2-3-8-18(17)24)25-23(31)27(14)16-6-4-5-15(13-16)22(29)30/h2-8,13,20H,9-12H2,1H3,(H,25,31)(H,29,30). The van der Waals surface area contributed by atoms with Crippen LogP contribution in [0.1, 0.15) is 28.9 Å². The van der Waals surface area contributed by atoms with E-state index >= 15 is 0 Å². The average molecular weight is 439 g/mol. The lowest BCUT2D eigenvalue weighted by Gasteiger charge is -2.38. The summed E-state index contributed by atoms with van der Waals surface area (Å²) in [5.74, 6) is -2.02. The van der Waals surface area contributed by atoms with Crippen LogP contribution in [-0.4, -0.2) is 54.2 Å². The Morgan fingerprint density at radius 1 is 1.12 bits per heavy atom. The lowest BCUT2D eigenvalue weighted by atomic mass is 9.93. The van der Waals surface area contributed by atoms with E-state index in [1.807, 2.05) is 0 Å². The fourth-order valence-electron chi connectivity index (χ4n) is 3.99. The van der Waals surface area contributed by atoms with E-state index in [0.717, 1.165) is 0 Å². The normalized spacial score (nSPS) is 19.1. The van der Waals surface area contributed by atoms with Crippen LogP contribution in [0.4, 0.5) is 14.9 Å². The van der Waals surface area contributed by atoms with Crippen LogP contribution in [0.25, 0.3) is 0 Å². The van der Waals surface area contributed by atoms with Gasteiger partial charge >= 0.3 is 12.0 Å². The van der Waals surface area contributed by atoms with Crippen molar-refractivity contribution >= 4 is 23.6 Å². The highest BCUT2D eigenvalue weighted by molar-refractivity contribution is 6.05. The van der Waals surface area contributed by atoms with Gasteiger partial charge in [0.2, 0.25) is 0 Å². The molecule has 0 spiro atoms. The van der Waals surface area contributed by atoms with Gasteiger partial charge in [-0.25, -0.2) is 14.0 Å². The van der Waals surface area contributed by atoms with Crippen LogP contribution >= 0.6 is 0 Å². The number of morpholine rings is 1. The Hall–Kier alpha value is -3.72. The van der Waals surface area contributed by atoms with Crippen molar-refractivity contribution in [3.05, 3.63) is 76.7 Å². The first-order chi connectivity index (χ1) is 15.4. The molecule has 1 saturated heterocycles. The van der Waals surface area contributed by atoms with Crippen LogP contribution in [0, 0.1) is 5.82 Å². The third-order valence-corrected chi connectivity index (χ3v) is 5.58. The SMILES string of the molecule is CC1=C(C(=O)N2CCOCC2)C(c2ccccc2F)NC(=O)N1c1cccc(C(=O)O)c1. The molecule has 0 saturated carbocycles. The Balaban J connectivity index is 1.85. The molecular formula is C23H22FN3O5. The Labute approximate surface area is 183 Å². The van der Waals surface area contributed by atoms with E-state index in [1.54, 1.807) is 24.0 Å². The van der Waals surface area contributed by atoms with Crippen molar-refractivity contribution in [2.75, 3.05) is 31.2 Å². The largest absolute Gasteiger partial charge is 0.478 e. The number of hydrogen-bond donors (Lipinski definition) is 2. The number of rotatable bonds is 4. The van der Waals surface area contributed by atoms with Gasteiger partial charge in [-0.05, 0) is 31.2 Å². The smallest absolute Gasteiger partial charge is 0.335 e. The van der Waals surface area contributed by atoms with Gasteiger partial charge in [0.05, 0.1) is 36.1 Å². The third kappa shape index (κ3) is 3.94. The number of carboxylic acid groups (broad SMARTS) is 1. The van der Waals surface area contributed by atoms with E-state index in [-0.39, 0.29) is 22.6 Å². The number of aromatic carboxylic acids is 1. The van der Waals surface area contributed by atoms with Gasteiger partial charge in [-0.15, -0.1) is 0 Å². The molecule has 0 bridgehead atoms. The maximum atomic E-state index is 14.7. The summed E-state index contributed by atoms with van der Waals surface area (Å²) in [6, 6.07) is 10.3. The van der Waals surface area contributed by atoms with Crippen LogP contribution in [0.3, 0.4) is 0 Å². The number of carbonyl (C=O) groups is 3. The molecule has 0 radical (unpaired) electrons. The minimum Gasteiger partial charge on any atom is -0.478 e. The predicted molar refractivity (Wildman–Crippen MR) is 114 cm³/mol. The van der Waals surface area contributed by atoms with Crippen molar-refractivity contribution in [3.63, 3.8) is 0 Å². The quantitative estimate of drug-likeness (QED) is 0.763. The van der Waals surface area contributed by atoms with Crippen molar-refractivity contribution in [1.82, 2.24) is 10.2 Å². The summed E-state index contributed by atoms with van der Waals surface area (Å²) < 4.78 is 20.0. The number of hydrogen-bond acceptors (Lipinski definition) is 4. The number of allylic oxidation sites excluding steroid dienone is 1. The molecule has 3 amide bonds. The first kappa shape index (κ1) is 21.5. The van der Waals surface area contributed by atoms with E-state index in [0.29, 0.717) is 37.7 Å². The number of anilines is 1. The minimum atomic E-state index is -1.14. The Kier molecular flexibility index (Phi) is 5.91. The summed E-state index contributed by atoms with van der Waals surface area (Å²) in [6.07, 6.45) is 0. The maximum absolute atomic E-state index is 14.7. The van der Waals surface area contributed by atoms with Gasteiger partial charge in [-0.1, -0.05) is 24.3 Å². The van der Waals surface area contributed by atoms with E-state index in [2.05, 4.69) is 5.32 Å². The van der Waals surface area contributed by atoms with Gasteiger partial charge in [0.15, 0.2) is 0 Å². The molecule has 2 aliphatic heterocycles. The second-order valence-corrected chi connectivity index (χ2v) is 7.50. The average Bonchev–Trinajstić information content (AvgIpc) is 2.79. The highest BCUT2D eigenvalue weighted by Crippen LogP contribution is 2.35. The van der Waals surface area contributed by atoms with Crippen molar-refractivity contribution in [2.45, 2.75) is 13.0 Å². The first-order valence-corrected chi connectivity index (χ1v) is 10.1. The topological polar surface area (TPSA) is 99.2 Å². The molecule has 2 aliphatic rings. The lowest BCUT2D eigenvalue weighted by Crippen LogP contribution is -2.51. The zero-order chi connectivity index (χ0) is 22.8. The van der Waals surface area contributed by atoms with Crippen LogP contribution in [0.5, 0.6) is 0 Å². The summed E-state index contributed by atoms with van der Waals surface area (Å²) in [5.41, 5.74) is 0.994. The molecule has 9 heteroatoms. The number of carbonyl (C=O) groups excluding carboxylic acids is 2. The zero-order valence-corrected chi connectivity index (χ0v) is 17.4. The molecule has 4 rings (SSSR count). The summed E-state index contributed by atoms with van der Waals surface area (Å²) in [5, 5.41) is 12.1. The summed E-state index contributed by atoms with van der Waals surface area (Å²) in [6.45, 7) is 3.14. The molecule has 166 valence electrons. The Bertz CT molecular complexity index is 1110. The Morgan fingerprint density at radius 3 is 2.53 bits per heavy atom. The van der Waals surface area contributed by atoms with Crippen LogP contribution in [0.2, 0.25) is 0 Å². The van der Waals surface area contributed by atoms with E-state index in [1.165, 1.54) is 41.3 Å². The minimum absolute atomic E-state index is 0.000355. The first-order valence-electron chi connectivity index (χ1n) is 10.1. The van der Waals surface area contributed by atoms with Crippen molar-refractivity contribution in [2.24, 2.45) is 0 Å². The van der Waals surface area contributed by atoms with Crippen molar-refractivity contribution < 1.29 is 28.6 Å². The molecule has 1 unspecified atom stereocenters. The van der Waals surface area contributed by atoms with Crippen LogP contribution in [-0.2, 0) is 9.53 Å². The number of nitrogens with zero attached hydrogens (tertiary/aromatic N) is 2. The van der Waals surface area contributed by atoms with E-state index in [9.17, 15) is 23.9 Å². The number of amides is 3. The lowest BCUT2D eigenvalue weighted by molar-refractivity contribution is -0.131. The molecule has 2 aromatic rings. The van der Waals surface area contributed by atoms with E-state index < -0.39 is 23.9 Å². The second-order valence-electron chi connectivity index (χ2n) is 7.50. The number of ether oxygens (including phenoxy) is 1. The predicted octanol–water partition coefficient (Wildman–Crippen LogP) is 2.93. The fraction of sp³-hybridized carbons (Fsp3) is 0.261.